The number of rotatable bonds is 4. The molecule has 0 aliphatic rings. The van der Waals surface area contributed by atoms with Gasteiger partial charge in [0.05, 0.1) is 5.92 Å². The number of hydrogen-bond acceptors (Lipinski definition) is 2. The number of hydrogen-bond donors (Lipinski definition) is 2. The fourth-order valence-corrected chi connectivity index (χ4v) is 1.74. The molecule has 0 amide bonds. The summed E-state index contributed by atoms with van der Waals surface area (Å²) in [6.45, 7) is 3.75. The van der Waals surface area contributed by atoms with E-state index in [0.29, 0.717) is 0 Å². The molecule has 0 saturated carbocycles. The van der Waals surface area contributed by atoms with Gasteiger partial charge in [-0.25, -0.2) is 0 Å². The van der Waals surface area contributed by atoms with E-state index < -0.39 is 17.9 Å². The van der Waals surface area contributed by atoms with E-state index in [1.807, 2.05) is 44.2 Å². The van der Waals surface area contributed by atoms with Crippen LogP contribution in [0.4, 0.5) is 0 Å². The van der Waals surface area contributed by atoms with Crippen molar-refractivity contribution < 1.29 is 9.90 Å². The minimum absolute atomic E-state index is 0.0257. The van der Waals surface area contributed by atoms with Crippen LogP contribution in [0.5, 0.6) is 0 Å². The SMILES string of the molecule is CC(C)[C@@H](C(=O)O)[C@H](N)c1ccccc1. The van der Waals surface area contributed by atoms with Crippen molar-refractivity contribution in [1.82, 2.24) is 0 Å². The Morgan fingerprint density at radius 2 is 1.80 bits per heavy atom. The lowest BCUT2D eigenvalue weighted by Crippen LogP contribution is -2.32. The van der Waals surface area contributed by atoms with Crippen molar-refractivity contribution in [3.8, 4) is 0 Å². The van der Waals surface area contributed by atoms with Crippen molar-refractivity contribution in [3.05, 3.63) is 35.9 Å². The third-order valence-electron chi connectivity index (χ3n) is 2.57. The normalized spacial score (nSPS) is 14.9. The molecule has 82 valence electrons. The molecule has 1 aromatic carbocycles. The summed E-state index contributed by atoms with van der Waals surface area (Å²) in [4.78, 5) is 11.1. The van der Waals surface area contributed by atoms with Crippen molar-refractivity contribution in [1.29, 1.82) is 0 Å². The van der Waals surface area contributed by atoms with E-state index in [4.69, 9.17) is 10.8 Å². The molecule has 0 radical (unpaired) electrons. The molecule has 0 spiro atoms. The van der Waals surface area contributed by atoms with Crippen LogP contribution in [0, 0.1) is 11.8 Å². The monoisotopic (exact) mass is 207 g/mol. The van der Waals surface area contributed by atoms with Gasteiger partial charge in [0.25, 0.3) is 0 Å². The molecule has 1 aromatic rings. The van der Waals surface area contributed by atoms with E-state index in [0.717, 1.165) is 5.56 Å². The van der Waals surface area contributed by atoms with Crippen molar-refractivity contribution in [3.63, 3.8) is 0 Å². The maximum atomic E-state index is 11.1. The molecule has 0 aliphatic carbocycles. The Hall–Kier alpha value is -1.35. The lowest BCUT2D eigenvalue weighted by atomic mass is 9.85. The Balaban J connectivity index is 2.91. The molecule has 0 aromatic heterocycles. The molecule has 3 N–H and O–H groups in total. The molecular formula is C12H17NO2. The molecule has 0 saturated heterocycles. The van der Waals surface area contributed by atoms with Crippen LogP contribution >= 0.6 is 0 Å². The first-order valence-electron chi connectivity index (χ1n) is 5.07. The molecule has 0 fully saturated rings. The average molecular weight is 207 g/mol. The number of carboxylic acids is 1. The fourth-order valence-electron chi connectivity index (χ4n) is 1.74. The highest BCUT2D eigenvalue weighted by atomic mass is 16.4. The van der Waals surface area contributed by atoms with Gasteiger partial charge in [0.15, 0.2) is 0 Å². The predicted molar refractivity (Wildman–Crippen MR) is 59.3 cm³/mol. The van der Waals surface area contributed by atoms with Gasteiger partial charge in [-0.05, 0) is 11.5 Å². The van der Waals surface area contributed by atoms with Gasteiger partial charge in [0.1, 0.15) is 0 Å². The quantitative estimate of drug-likeness (QED) is 0.794. The molecule has 0 unspecified atom stereocenters. The van der Waals surface area contributed by atoms with Gasteiger partial charge in [-0.1, -0.05) is 44.2 Å². The van der Waals surface area contributed by atoms with Crippen molar-refractivity contribution >= 4 is 5.97 Å². The Bertz CT molecular complexity index is 322. The highest BCUT2D eigenvalue weighted by Crippen LogP contribution is 2.25. The third-order valence-corrected chi connectivity index (χ3v) is 2.57. The number of nitrogens with two attached hydrogens (primary N) is 1. The zero-order valence-electron chi connectivity index (χ0n) is 9.05. The van der Waals surface area contributed by atoms with Crippen LogP contribution in [0.15, 0.2) is 30.3 Å². The lowest BCUT2D eigenvalue weighted by Gasteiger charge is -2.23. The fraction of sp³-hybridized carbons (Fsp3) is 0.417. The van der Waals surface area contributed by atoms with E-state index in [2.05, 4.69) is 0 Å². The molecule has 15 heavy (non-hydrogen) atoms. The molecule has 3 nitrogen and oxygen atoms in total. The molecular weight excluding hydrogens is 190 g/mol. The number of aliphatic carboxylic acids is 1. The topological polar surface area (TPSA) is 63.3 Å². The summed E-state index contributed by atoms with van der Waals surface area (Å²) >= 11 is 0. The minimum atomic E-state index is -0.832. The van der Waals surface area contributed by atoms with Gasteiger partial charge in [0.2, 0.25) is 0 Å². The Morgan fingerprint density at radius 1 is 1.27 bits per heavy atom. The zero-order chi connectivity index (χ0) is 11.4. The summed E-state index contributed by atoms with van der Waals surface area (Å²) in [7, 11) is 0. The maximum Gasteiger partial charge on any atom is 0.308 e. The summed E-state index contributed by atoms with van der Waals surface area (Å²) in [5.74, 6) is -1.34. The van der Waals surface area contributed by atoms with Crippen molar-refractivity contribution in [2.24, 2.45) is 17.6 Å². The van der Waals surface area contributed by atoms with Crippen LogP contribution in [0.25, 0.3) is 0 Å². The van der Waals surface area contributed by atoms with Crippen LogP contribution in [-0.2, 0) is 4.79 Å². The smallest absolute Gasteiger partial charge is 0.308 e. The Kier molecular flexibility index (Phi) is 3.86. The second kappa shape index (κ2) is 4.94. The zero-order valence-corrected chi connectivity index (χ0v) is 9.05. The van der Waals surface area contributed by atoms with Crippen molar-refractivity contribution in [2.75, 3.05) is 0 Å². The second-order valence-corrected chi connectivity index (χ2v) is 4.04. The molecule has 0 aliphatic heterocycles. The first-order chi connectivity index (χ1) is 7.04. The van der Waals surface area contributed by atoms with E-state index in [1.54, 1.807) is 0 Å². The molecule has 1 rings (SSSR count). The molecule has 0 heterocycles. The van der Waals surface area contributed by atoms with Gasteiger partial charge in [-0.3, -0.25) is 4.79 Å². The average Bonchev–Trinajstić information content (AvgIpc) is 2.18. The van der Waals surface area contributed by atoms with Gasteiger partial charge in [0, 0.05) is 6.04 Å². The first kappa shape index (κ1) is 11.7. The number of carboxylic acid groups (broad SMARTS) is 1. The predicted octanol–water partition coefficient (Wildman–Crippen LogP) is 2.04. The van der Waals surface area contributed by atoms with E-state index in [9.17, 15) is 4.79 Å². The summed E-state index contributed by atoms with van der Waals surface area (Å²) < 4.78 is 0. The van der Waals surface area contributed by atoms with Crippen LogP contribution in [0.2, 0.25) is 0 Å². The van der Waals surface area contributed by atoms with Crippen LogP contribution < -0.4 is 5.73 Å². The summed E-state index contributed by atoms with van der Waals surface area (Å²) in [6.07, 6.45) is 0. The minimum Gasteiger partial charge on any atom is -0.481 e. The second-order valence-electron chi connectivity index (χ2n) is 4.04. The maximum absolute atomic E-state index is 11.1. The third kappa shape index (κ3) is 2.80. The van der Waals surface area contributed by atoms with E-state index in [-0.39, 0.29) is 5.92 Å². The van der Waals surface area contributed by atoms with Gasteiger partial charge >= 0.3 is 5.97 Å². The van der Waals surface area contributed by atoms with Crippen LogP contribution in [0.3, 0.4) is 0 Å². The lowest BCUT2D eigenvalue weighted by molar-refractivity contribution is -0.144. The first-order valence-corrected chi connectivity index (χ1v) is 5.07. The number of benzene rings is 1. The summed E-state index contributed by atoms with van der Waals surface area (Å²) in [6, 6.07) is 8.92. The Labute approximate surface area is 89.9 Å². The number of carbonyl (C=O) groups is 1. The van der Waals surface area contributed by atoms with Crippen molar-refractivity contribution in [2.45, 2.75) is 19.9 Å². The van der Waals surface area contributed by atoms with Crippen LogP contribution in [-0.4, -0.2) is 11.1 Å². The molecule has 0 bridgehead atoms. The highest BCUT2D eigenvalue weighted by Gasteiger charge is 2.29. The standard InChI is InChI=1S/C12H17NO2/c1-8(2)10(12(14)15)11(13)9-6-4-3-5-7-9/h3-8,10-11H,13H2,1-2H3,(H,14,15)/t10-,11-/m1/s1. The van der Waals surface area contributed by atoms with E-state index in [1.165, 1.54) is 0 Å². The Morgan fingerprint density at radius 3 is 2.20 bits per heavy atom. The van der Waals surface area contributed by atoms with Gasteiger partial charge in [-0.2, -0.15) is 0 Å². The van der Waals surface area contributed by atoms with Gasteiger partial charge < -0.3 is 10.8 Å². The highest BCUT2D eigenvalue weighted by molar-refractivity contribution is 5.71. The van der Waals surface area contributed by atoms with E-state index >= 15 is 0 Å². The molecule has 2 atom stereocenters. The van der Waals surface area contributed by atoms with Crippen LogP contribution in [0.1, 0.15) is 25.5 Å². The largest absolute Gasteiger partial charge is 0.481 e. The van der Waals surface area contributed by atoms with Gasteiger partial charge in [-0.15, -0.1) is 0 Å². The summed E-state index contributed by atoms with van der Waals surface area (Å²) in [5, 5.41) is 9.10. The molecule has 3 heteroatoms. The summed E-state index contributed by atoms with van der Waals surface area (Å²) in [5.41, 5.74) is 6.83.